The summed E-state index contributed by atoms with van der Waals surface area (Å²) >= 11 is 0. The first-order valence-corrected chi connectivity index (χ1v) is 3.82. The quantitative estimate of drug-likeness (QED) is 0.219. The molecule has 0 bridgehead atoms. The molecular weight excluding hydrogens is 152 g/mol. The zero-order chi connectivity index (χ0) is 9.14. The molecule has 1 aromatic rings. The lowest BCUT2D eigenvalue weighted by Crippen LogP contribution is -2.40. The van der Waals surface area contributed by atoms with Crippen molar-refractivity contribution in [3.8, 4) is 0 Å². The highest BCUT2D eigenvalue weighted by Crippen LogP contribution is 1.99. The summed E-state index contributed by atoms with van der Waals surface area (Å²) in [5.41, 5.74) is 3.34. The third-order valence-electron chi connectivity index (χ3n) is 1.80. The fourth-order valence-corrected chi connectivity index (χ4v) is 1.35. The van der Waals surface area contributed by atoms with Gasteiger partial charge < -0.3 is 5.21 Å². The van der Waals surface area contributed by atoms with E-state index in [2.05, 4.69) is 5.16 Å². The van der Waals surface area contributed by atoms with Crippen LogP contribution in [0, 0.1) is 20.8 Å². The van der Waals surface area contributed by atoms with E-state index in [9.17, 15) is 0 Å². The van der Waals surface area contributed by atoms with Crippen molar-refractivity contribution in [1.29, 1.82) is 0 Å². The summed E-state index contributed by atoms with van der Waals surface area (Å²) in [7, 11) is 0. The number of rotatable bonds is 1. The maximum atomic E-state index is 8.39. The van der Waals surface area contributed by atoms with E-state index in [-0.39, 0.29) is 0 Å². The van der Waals surface area contributed by atoms with E-state index < -0.39 is 0 Å². The summed E-state index contributed by atoms with van der Waals surface area (Å²) in [4.78, 5) is 0. The van der Waals surface area contributed by atoms with Crippen LogP contribution in [-0.2, 0) is 0 Å². The van der Waals surface area contributed by atoms with Crippen molar-refractivity contribution in [3.63, 3.8) is 0 Å². The van der Waals surface area contributed by atoms with Gasteiger partial charge in [0.15, 0.2) is 0 Å². The number of aryl methyl sites for hydroxylation is 3. The van der Waals surface area contributed by atoms with Crippen LogP contribution in [0.3, 0.4) is 0 Å². The van der Waals surface area contributed by atoms with E-state index in [0.717, 1.165) is 11.4 Å². The van der Waals surface area contributed by atoms with Gasteiger partial charge in [-0.1, -0.05) is 0 Å². The second kappa shape index (κ2) is 3.34. The highest BCUT2D eigenvalue weighted by Gasteiger charge is 2.04. The summed E-state index contributed by atoms with van der Waals surface area (Å²) in [6.45, 7) is 5.99. The normalized spacial score (nSPS) is 10.9. The number of hydrogen-bond acceptors (Lipinski definition) is 2. The summed E-state index contributed by atoms with van der Waals surface area (Å²) in [6.07, 6.45) is 1.39. The molecule has 0 amide bonds. The Balaban J connectivity index is 3.28. The van der Waals surface area contributed by atoms with Crippen LogP contribution in [-0.4, -0.2) is 11.5 Å². The number of aromatic nitrogens is 1. The zero-order valence-corrected chi connectivity index (χ0v) is 7.57. The molecular formula is C9H13N2O+. The van der Waals surface area contributed by atoms with Gasteiger partial charge in [0.25, 0.3) is 0 Å². The monoisotopic (exact) mass is 165 g/mol. The van der Waals surface area contributed by atoms with Crippen LogP contribution in [0.5, 0.6) is 0 Å². The van der Waals surface area contributed by atoms with E-state index in [1.54, 1.807) is 0 Å². The molecule has 0 atom stereocenters. The molecule has 3 nitrogen and oxygen atoms in total. The molecule has 1 rings (SSSR count). The van der Waals surface area contributed by atoms with Gasteiger partial charge in [-0.05, 0) is 38.5 Å². The van der Waals surface area contributed by atoms with Gasteiger partial charge in [-0.2, -0.15) is 0 Å². The Kier molecular flexibility index (Phi) is 2.43. The number of hydrogen-bond donors (Lipinski definition) is 1. The summed E-state index contributed by atoms with van der Waals surface area (Å²) in [5, 5.41) is 11.4. The fraction of sp³-hybridized carbons (Fsp3) is 0.333. The van der Waals surface area contributed by atoms with Crippen molar-refractivity contribution >= 4 is 6.34 Å². The van der Waals surface area contributed by atoms with E-state index in [0.29, 0.717) is 0 Å². The maximum Gasteiger partial charge on any atom is 0.338 e. The Morgan fingerprint density at radius 1 is 1.25 bits per heavy atom. The molecule has 0 spiro atoms. The van der Waals surface area contributed by atoms with Gasteiger partial charge in [0.2, 0.25) is 0 Å². The Morgan fingerprint density at radius 3 is 2.17 bits per heavy atom. The number of nitrogens with zero attached hydrogens (tertiary/aromatic N) is 2. The van der Waals surface area contributed by atoms with Crippen LogP contribution in [0.25, 0.3) is 0 Å². The molecule has 0 radical (unpaired) electrons. The topological polar surface area (TPSA) is 36.5 Å². The first-order chi connectivity index (χ1) is 5.65. The largest absolute Gasteiger partial charge is 0.338 e. The van der Waals surface area contributed by atoms with Gasteiger partial charge in [-0.3, -0.25) is 0 Å². The lowest BCUT2D eigenvalue weighted by Gasteiger charge is -2.01. The van der Waals surface area contributed by atoms with E-state index >= 15 is 0 Å². The second-order valence-corrected chi connectivity index (χ2v) is 2.92. The number of pyridine rings is 1. The Labute approximate surface area is 72.0 Å². The minimum atomic E-state index is 1.06. The van der Waals surface area contributed by atoms with Crippen molar-refractivity contribution in [2.24, 2.45) is 5.16 Å². The van der Waals surface area contributed by atoms with E-state index in [1.807, 2.05) is 37.5 Å². The van der Waals surface area contributed by atoms with Crippen molar-refractivity contribution in [1.82, 2.24) is 0 Å². The molecule has 0 aliphatic rings. The van der Waals surface area contributed by atoms with Crippen molar-refractivity contribution < 1.29 is 9.77 Å². The average Bonchev–Trinajstić information content (AvgIpc) is 1.96. The van der Waals surface area contributed by atoms with Crippen LogP contribution < -0.4 is 4.57 Å². The molecule has 0 aliphatic heterocycles. The van der Waals surface area contributed by atoms with Gasteiger partial charge in [0.05, 0.1) is 0 Å². The van der Waals surface area contributed by atoms with Crippen LogP contribution >= 0.6 is 0 Å². The van der Waals surface area contributed by atoms with E-state index in [1.165, 1.54) is 11.9 Å². The summed E-state index contributed by atoms with van der Waals surface area (Å²) in [6, 6.07) is 4.07. The molecule has 1 N–H and O–H groups in total. The minimum Gasteiger partial charge on any atom is -0.313 e. The lowest BCUT2D eigenvalue weighted by molar-refractivity contribution is -0.562. The average molecular weight is 165 g/mol. The van der Waals surface area contributed by atoms with Gasteiger partial charge in [-0.25, -0.2) is 4.57 Å². The molecule has 1 heterocycles. The third-order valence-corrected chi connectivity index (χ3v) is 1.80. The fourth-order valence-electron chi connectivity index (χ4n) is 1.35. The Bertz CT molecular complexity index is 295. The molecule has 64 valence electrons. The zero-order valence-electron chi connectivity index (χ0n) is 7.57. The van der Waals surface area contributed by atoms with Gasteiger partial charge in [-0.15, -0.1) is 0 Å². The molecule has 12 heavy (non-hydrogen) atoms. The molecule has 0 saturated heterocycles. The molecule has 1 aromatic heterocycles. The van der Waals surface area contributed by atoms with Crippen LogP contribution in [0.15, 0.2) is 17.3 Å². The predicted octanol–water partition coefficient (Wildman–Crippen LogP) is 1.16. The standard InChI is InChI=1S/C9H12N2O/c1-7-4-8(2)11(6-10-12)9(3)5-7/h4-6H,1-3H3/p+1/b10-6+. The van der Waals surface area contributed by atoms with Crippen LogP contribution in [0.1, 0.15) is 17.0 Å². The molecule has 0 saturated carbocycles. The van der Waals surface area contributed by atoms with Crippen LogP contribution in [0.2, 0.25) is 0 Å². The Morgan fingerprint density at radius 2 is 1.75 bits per heavy atom. The van der Waals surface area contributed by atoms with Gasteiger partial charge in [0.1, 0.15) is 16.5 Å². The third kappa shape index (κ3) is 1.61. The first kappa shape index (κ1) is 8.71. The summed E-state index contributed by atoms with van der Waals surface area (Å²) in [5.74, 6) is 0. The molecule has 3 heteroatoms. The SMILES string of the molecule is Cc1cc(C)[n+](/C=N/O)c(C)c1. The van der Waals surface area contributed by atoms with Gasteiger partial charge >= 0.3 is 6.34 Å². The molecule has 0 fully saturated rings. The highest BCUT2D eigenvalue weighted by atomic mass is 16.4. The van der Waals surface area contributed by atoms with Crippen molar-refractivity contribution in [2.75, 3.05) is 0 Å². The van der Waals surface area contributed by atoms with E-state index in [4.69, 9.17) is 5.21 Å². The molecule has 0 aliphatic carbocycles. The minimum absolute atomic E-state index is 1.06. The molecule has 0 unspecified atom stereocenters. The first-order valence-electron chi connectivity index (χ1n) is 3.82. The van der Waals surface area contributed by atoms with Crippen molar-refractivity contribution in [3.05, 3.63) is 29.1 Å². The lowest BCUT2D eigenvalue weighted by atomic mass is 10.2. The smallest absolute Gasteiger partial charge is 0.313 e. The second-order valence-electron chi connectivity index (χ2n) is 2.92. The highest BCUT2D eigenvalue weighted by molar-refractivity contribution is 5.43. The predicted molar refractivity (Wildman–Crippen MR) is 46.5 cm³/mol. The maximum absolute atomic E-state index is 8.39. The summed E-state index contributed by atoms with van der Waals surface area (Å²) < 4.78 is 1.83. The van der Waals surface area contributed by atoms with Gasteiger partial charge in [0, 0.05) is 0 Å². The number of oxime groups is 1. The molecule has 0 aromatic carbocycles. The Hall–Kier alpha value is -1.38. The van der Waals surface area contributed by atoms with Crippen LogP contribution in [0.4, 0.5) is 0 Å². The van der Waals surface area contributed by atoms with Crippen molar-refractivity contribution in [2.45, 2.75) is 20.8 Å².